The number of hydrogen-bond acceptors (Lipinski definition) is 2. The molecular weight excluding hydrogens is 264 g/mol. The van der Waals surface area contributed by atoms with Crippen molar-refractivity contribution in [2.75, 3.05) is 6.54 Å². The fraction of sp³-hybridized carbons (Fsp3) is 0.882. The van der Waals surface area contributed by atoms with Crippen molar-refractivity contribution in [3.05, 3.63) is 0 Å². The molecule has 4 heteroatoms. The molecule has 4 unspecified atom stereocenters. The maximum Gasteiger partial charge on any atom is 0.245 e. The molecule has 21 heavy (non-hydrogen) atoms. The standard InChI is InChI=1S/C17H32N2O2/c1-6-9-10-14(8-3)11-19-15(12(4)7-2)16(20)18-13(5)17(19)21/h12-15H,6-11H2,1-5H3,(H,18,20). The summed E-state index contributed by atoms with van der Waals surface area (Å²) in [6.07, 6.45) is 5.47. The molecule has 0 bridgehead atoms. The molecule has 1 saturated heterocycles. The molecule has 1 fully saturated rings. The van der Waals surface area contributed by atoms with Crippen LogP contribution in [0.2, 0.25) is 0 Å². The van der Waals surface area contributed by atoms with Gasteiger partial charge in [0.05, 0.1) is 0 Å². The van der Waals surface area contributed by atoms with E-state index in [1.165, 1.54) is 12.8 Å². The molecule has 0 aromatic carbocycles. The third kappa shape index (κ3) is 4.45. The van der Waals surface area contributed by atoms with E-state index in [2.05, 4.69) is 33.0 Å². The SMILES string of the molecule is CCCCC(CC)CN1C(=O)C(C)NC(=O)C1C(C)CC. The van der Waals surface area contributed by atoms with E-state index in [9.17, 15) is 9.59 Å². The van der Waals surface area contributed by atoms with Gasteiger partial charge in [0, 0.05) is 6.54 Å². The molecule has 1 heterocycles. The number of hydrogen-bond donors (Lipinski definition) is 1. The van der Waals surface area contributed by atoms with Crippen molar-refractivity contribution in [3.63, 3.8) is 0 Å². The Morgan fingerprint density at radius 2 is 1.86 bits per heavy atom. The lowest BCUT2D eigenvalue weighted by molar-refractivity contribution is -0.151. The number of carbonyl (C=O) groups excluding carboxylic acids is 2. The van der Waals surface area contributed by atoms with Crippen molar-refractivity contribution in [1.82, 2.24) is 10.2 Å². The fourth-order valence-corrected chi connectivity index (χ4v) is 3.08. The van der Waals surface area contributed by atoms with Gasteiger partial charge in [0.25, 0.3) is 0 Å². The molecule has 1 aliphatic rings. The highest BCUT2D eigenvalue weighted by molar-refractivity contribution is 5.96. The predicted octanol–water partition coefficient (Wildman–Crippen LogP) is 2.96. The van der Waals surface area contributed by atoms with Gasteiger partial charge in [-0.15, -0.1) is 0 Å². The summed E-state index contributed by atoms with van der Waals surface area (Å²) < 4.78 is 0. The Kier molecular flexibility index (Phi) is 7.20. The summed E-state index contributed by atoms with van der Waals surface area (Å²) in [6.45, 7) is 11.0. The fourth-order valence-electron chi connectivity index (χ4n) is 3.08. The molecule has 0 saturated carbocycles. The van der Waals surface area contributed by atoms with Crippen molar-refractivity contribution < 1.29 is 9.59 Å². The topological polar surface area (TPSA) is 49.4 Å². The van der Waals surface area contributed by atoms with Crippen molar-refractivity contribution in [3.8, 4) is 0 Å². The van der Waals surface area contributed by atoms with E-state index in [0.717, 1.165) is 25.8 Å². The zero-order chi connectivity index (χ0) is 16.0. The summed E-state index contributed by atoms with van der Waals surface area (Å²) in [4.78, 5) is 26.7. The Balaban J connectivity index is 2.88. The number of nitrogens with one attached hydrogen (secondary N) is 1. The van der Waals surface area contributed by atoms with Crippen LogP contribution >= 0.6 is 0 Å². The number of piperazine rings is 1. The Morgan fingerprint density at radius 1 is 1.19 bits per heavy atom. The van der Waals surface area contributed by atoms with E-state index in [4.69, 9.17) is 0 Å². The van der Waals surface area contributed by atoms with Crippen LogP contribution in [0.3, 0.4) is 0 Å². The van der Waals surface area contributed by atoms with Crippen molar-refractivity contribution in [2.24, 2.45) is 11.8 Å². The van der Waals surface area contributed by atoms with Crippen LogP contribution < -0.4 is 5.32 Å². The van der Waals surface area contributed by atoms with E-state index >= 15 is 0 Å². The highest BCUT2D eigenvalue weighted by atomic mass is 16.2. The zero-order valence-electron chi connectivity index (χ0n) is 14.3. The minimum absolute atomic E-state index is 0.0156. The third-order valence-corrected chi connectivity index (χ3v) is 4.80. The quantitative estimate of drug-likeness (QED) is 0.748. The summed E-state index contributed by atoms with van der Waals surface area (Å²) >= 11 is 0. The molecular formula is C17H32N2O2. The van der Waals surface area contributed by atoms with E-state index < -0.39 is 0 Å². The van der Waals surface area contributed by atoms with Crippen LogP contribution in [0.25, 0.3) is 0 Å². The highest BCUT2D eigenvalue weighted by Crippen LogP contribution is 2.24. The first kappa shape index (κ1) is 18.0. The lowest BCUT2D eigenvalue weighted by Crippen LogP contribution is -2.64. The smallest absolute Gasteiger partial charge is 0.245 e. The molecule has 4 atom stereocenters. The first-order valence-corrected chi connectivity index (χ1v) is 8.56. The molecule has 2 amide bonds. The van der Waals surface area contributed by atoms with Crippen LogP contribution in [0.4, 0.5) is 0 Å². The minimum atomic E-state index is -0.388. The first-order chi connectivity index (χ1) is 9.96. The average molecular weight is 296 g/mol. The molecule has 0 radical (unpaired) electrons. The lowest BCUT2D eigenvalue weighted by Gasteiger charge is -2.42. The third-order valence-electron chi connectivity index (χ3n) is 4.80. The maximum absolute atomic E-state index is 12.5. The molecule has 0 aromatic heterocycles. The molecule has 0 aliphatic carbocycles. The second kappa shape index (κ2) is 8.40. The van der Waals surface area contributed by atoms with Gasteiger partial charge in [-0.1, -0.05) is 53.4 Å². The van der Waals surface area contributed by atoms with Gasteiger partial charge in [0.1, 0.15) is 12.1 Å². The van der Waals surface area contributed by atoms with E-state index in [1.807, 2.05) is 4.90 Å². The number of unbranched alkanes of at least 4 members (excludes halogenated alkanes) is 1. The second-order valence-corrected chi connectivity index (χ2v) is 6.47. The van der Waals surface area contributed by atoms with Crippen molar-refractivity contribution in [2.45, 2.75) is 78.8 Å². The zero-order valence-corrected chi connectivity index (χ0v) is 14.3. The summed E-state index contributed by atoms with van der Waals surface area (Å²) in [5, 5.41) is 2.83. The summed E-state index contributed by atoms with van der Waals surface area (Å²) in [5.41, 5.74) is 0. The number of nitrogens with zero attached hydrogens (tertiary/aromatic N) is 1. The molecule has 1 N–H and O–H groups in total. The van der Waals surface area contributed by atoms with E-state index in [1.54, 1.807) is 6.92 Å². The van der Waals surface area contributed by atoms with E-state index in [0.29, 0.717) is 5.92 Å². The molecule has 1 aliphatic heterocycles. The number of rotatable bonds is 8. The highest BCUT2D eigenvalue weighted by Gasteiger charge is 2.41. The Morgan fingerprint density at radius 3 is 2.38 bits per heavy atom. The Hall–Kier alpha value is -1.06. The summed E-state index contributed by atoms with van der Waals surface area (Å²) in [7, 11) is 0. The predicted molar refractivity (Wildman–Crippen MR) is 85.9 cm³/mol. The van der Waals surface area contributed by atoms with Gasteiger partial charge in [0.15, 0.2) is 0 Å². The molecule has 1 rings (SSSR count). The van der Waals surface area contributed by atoms with Crippen LogP contribution in [0.15, 0.2) is 0 Å². The molecule has 0 aromatic rings. The minimum Gasteiger partial charge on any atom is -0.343 e. The van der Waals surface area contributed by atoms with Gasteiger partial charge in [-0.3, -0.25) is 9.59 Å². The van der Waals surface area contributed by atoms with Crippen LogP contribution in [-0.2, 0) is 9.59 Å². The van der Waals surface area contributed by atoms with Crippen molar-refractivity contribution in [1.29, 1.82) is 0 Å². The van der Waals surface area contributed by atoms with Gasteiger partial charge in [-0.25, -0.2) is 0 Å². The monoisotopic (exact) mass is 296 g/mol. The van der Waals surface area contributed by atoms with Crippen molar-refractivity contribution >= 4 is 11.8 Å². The van der Waals surface area contributed by atoms with Crippen LogP contribution in [0, 0.1) is 11.8 Å². The normalized spacial score (nSPS) is 25.7. The van der Waals surface area contributed by atoms with Gasteiger partial charge in [-0.2, -0.15) is 0 Å². The van der Waals surface area contributed by atoms with Gasteiger partial charge in [-0.05, 0) is 25.2 Å². The average Bonchev–Trinajstić information content (AvgIpc) is 2.47. The number of carbonyl (C=O) groups is 2. The van der Waals surface area contributed by atoms with Gasteiger partial charge in [0.2, 0.25) is 11.8 Å². The first-order valence-electron chi connectivity index (χ1n) is 8.56. The molecule has 4 nitrogen and oxygen atoms in total. The largest absolute Gasteiger partial charge is 0.343 e. The second-order valence-electron chi connectivity index (χ2n) is 6.47. The number of amides is 2. The van der Waals surface area contributed by atoms with Gasteiger partial charge >= 0.3 is 0 Å². The summed E-state index contributed by atoms with van der Waals surface area (Å²) in [5.74, 6) is 0.792. The molecule has 122 valence electrons. The van der Waals surface area contributed by atoms with Crippen LogP contribution in [0.1, 0.15) is 66.7 Å². The Labute approximate surface area is 129 Å². The molecule has 0 spiro atoms. The summed E-state index contributed by atoms with van der Waals surface area (Å²) in [6, 6.07) is -0.684. The van der Waals surface area contributed by atoms with Gasteiger partial charge < -0.3 is 10.2 Å². The van der Waals surface area contributed by atoms with Crippen LogP contribution in [-0.4, -0.2) is 35.3 Å². The maximum atomic E-state index is 12.5. The van der Waals surface area contributed by atoms with E-state index in [-0.39, 0.29) is 29.8 Å². The lowest BCUT2D eigenvalue weighted by atomic mass is 9.91. The Bertz CT molecular complexity index is 357. The van der Waals surface area contributed by atoms with Crippen LogP contribution in [0.5, 0.6) is 0 Å².